The van der Waals surface area contributed by atoms with Crippen LogP contribution in [0.4, 0.5) is 0 Å². The summed E-state index contributed by atoms with van der Waals surface area (Å²) >= 11 is 5.95. The van der Waals surface area contributed by atoms with Gasteiger partial charge in [-0.1, -0.05) is 61.0 Å². The molecule has 2 aromatic carbocycles. The molecular weight excluding hydrogens is 342 g/mol. The Balaban J connectivity index is 1.80. The van der Waals surface area contributed by atoms with Crippen LogP contribution in [-0.4, -0.2) is 24.6 Å². The van der Waals surface area contributed by atoms with Gasteiger partial charge >= 0.3 is 5.97 Å². The molecule has 6 heteroatoms. The number of benzene rings is 2. The van der Waals surface area contributed by atoms with E-state index in [1.807, 2.05) is 30.3 Å². The first kappa shape index (κ1) is 18.8. The Morgan fingerprint density at radius 3 is 2.44 bits per heavy atom. The van der Waals surface area contributed by atoms with Crippen LogP contribution in [0.3, 0.4) is 0 Å². The SMILES string of the molecule is CCC(OC(=O)COc1ccccc1Cl)C(=O)NCc1ccccc1. The minimum atomic E-state index is -0.856. The van der Waals surface area contributed by atoms with Crippen molar-refractivity contribution >= 4 is 23.5 Å². The summed E-state index contributed by atoms with van der Waals surface area (Å²) in [4.78, 5) is 24.1. The average Bonchev–Trinajstić information content (AvgIpc) is 2.64. The molecule has 132 valence electrons. The van der Waals surface area contributed by atoms with Crippen LogP contribution in [0.25, 0.3) is 0 Å². The summed E-state index contributed by atoms with van der Waals surface area (Å²) in [5, 5.41) is 3.17. The second kappa shape index (κ2) is 9.69. The van der Waals surface area contributed by atoms with Crippen LogP contribution in [0.1, 0.15) is 18.9 Å². The number of carbonyl (C=O) groups excluding carboxylic acids is 2. The zero-order valence-electron chi connectivity index (χ0n) is 13.9. The van der Waals surface area contributed by atoms with E-state index < -0.39 is 12.1 Å². The fourth-order valence-corrected chi connectivity index (χ4v) is 2.30. The fraction of sp³-hybridized carbons (Fsp3) is 0.263. The number of hydrogen-bond acceptors (Lipinski definition) is 4. The molecule has 2 rings (SSSR count). The number of carbonyl (C=O) groups is 2. The summed E-state index contributed by atoms with van der Waals surface area (Å²) in [5.41, 5.74) is 0.971. The van der Waals surface area contributed by atoms with E-state index in [0.29, 0.717) is 23.7 Å². The Kier molecular flexibility index (Phi) is 7.29. The molecule has 0 heterocycles. The van der Waals surface area contributed by atoms with Gasteiger partial charge in [-0.05, 0) is 24.1 Å². The Hall–Kier alpha value is -2.53. The van der Waals surface area contributed by atoms with Gasteiger partial charge in [0.05, 0.1) is 5.02 Å². The van der Waals surface area contributed by atoms with Crippen LogP contribution < -0.4 is 10.1 Å². The molecule has 5 nitrogen and oxygen atoms in total. The third-order valence-electron chi connectivity index (χ3n) is 3.43. The summed E-state index contributed by atoms with van der Waals surface area (Å²) < 4.78 is 10.5. The molecule has 25 heavy (non-hydrogen) atoms. The molecule has 0 saturated carbocycles. The summed E-state index contributed by atoms with van der Waals surface area (Å²) in [5.74, 6) is -0.568. The number of amides is 1. The second-order valence-electron chi connectivity index (χ2n) is 5.31. The van der Waals surface area contributed by atoms with E-state index >= 15 is 0 Å². The summed E-state index contributed by atoms with van der Waals surface area (Å²) in [6.45, 7) is 1.84. The van der Waals surface area contributed by atoms with Gasteiger partial charge in [0.25, 0.3) is 5.91 Å². The Bertz CT molecular complexity index is 706. The van der Waals surface area contributed by atoms with Crippen LogP contribution in [0.5, 0.6) is 5.75 Å². The maximum Gasteiger partial charge on any atom is 0.344 e. The zero-order valence-corrected chi connectivity index (χ0v) is 14.7. The van der Waals surface area contributed by atoms with E-state index in [1.54, 1.807) is 31.2 Å². The van der Waals surface area contributed by atoms with E-state index in [0.717, 1.165) is 5.56 Å². The van der Waals surface area contributed by atoms with Crippen LogP contribution in [-0.2, 0) is 20.9 Å². The maximum absolute atomic E-state index is 12.2. The lowest BCUT2D eigenvalue weighted by atomic mass is 10.2. The van der Waals surface area contributed by atoms with Crippen molar-refractivity contribution in [3.05, 3.63) is 65.2 Å². The van der Waals surface area contributed by atoms with Crippen LogP contribution >= 0.6 is 11.6 Å². The summed E-state index contributed by atoms with van der Waals surface area (Å²) in [6.07, 6.45) is -0.482. The van der Waals surface area contributed by atoms with E-state index in [1.165, 1.54) is 0 Å². The number of para-hydroxylation sites is 1. The Labute approximate surface area is 151 Å². The van der Waals surface area contributed by atoms with Crippen LogP contribution in [0, 0.1) is 0 Å². The van der Waals surface area contributed by atoms with E-state index in [4.69, 9.17) is 21.1 Å². The minimum Gasteiger partial charge on any atom is -0.480 e. The molecule has 0 radical (unpaired) electrons. The van der Waals surface area contributed by atoms with Gasteiger partial charge in [-0.3, -0.25) is 4.79 Å². The molecule has 0 aromatic heterocycles. The predicted octanol–water partition coefficient (Wildman–Crippen LogP) is 3.36. The number of nitrogens with one attached hydrogen (secondary N) is 1. The van der Waals surface area contributed by atoms with Crippen molar-refractivity contribution in [2.45, 2.75) is 26.0 Å². The highest BCUT2D eigenvalue weighted by molar-refractivity contribution is 6.32. The molecule has 0 aliphatic heterocycles. The first-order valence-corrected chi connectivity index (χ1v) is 8.36. The monoisotopic (exact) mass is 361 g/mol. The zero-order chi connectivity index (χ0) is 18.1. The van der Waals surface area contributed by atoms with Crippen molar-refractivity contribution in [2.75, 3.05) is 6.61 Å². The lowest BCUT2D eigenvalue weighted by molar-refractivity contribution is -0.158. The maximum atomic E-state index is 12.2. The van der Waals surface area contributed by atoms with Crippen molar-refractivity contribution in [1.29, 1.82) is 0 Å². The van der Waals surface area contributed by atoms with E-state index in [-0.39, 0.29) is 12.5 Å². The Morgan fingerprint density at radius 2 is 1.76 bits per heavy atom. The quantitative estimate of drug-likeness (QED) is 0.732. The molecule has 0 spiro atoms. The van der Waals surface area contributed by atoms with Crippen molar-refractivity contribution in [3.63, 3.8) is 0 Å². The van der Waals surface area contributed by atoms with Crippen molar-refractivity contribution < 1.29 is 19.1 Å². The fourth-order valence-electron chi connectivity index (χ4n) is 2.11. The highest BCUT2D eigenvalue weighted by Crippen LogP contribution is 2.22. The van der Waals surface area contributed by atoms with Gasteiger partial charge in [-0.25, -0.2) is 4.79 Å². The molecule has 0 saturated heterocycles. The average molecular weight is 362 g/mol. The molecule has 0 aliphatic carbocycles. The van der Waals surface area contributed by atoms with E-state index in [9.17, 15) is 9.59 Å². The number of rotatable bonds is 8. The van der Waals surface area contributed by atoms with Gasteiger partial charge in [0, 0.05) is 6.54 Å². The molecule has 1 amide bonds. The lowest BCUT2D eigenvalue weighted by Gasteiger charge is -2.16. The van der Waals surface area contributed by atoms with Gasteiger partial charge in [0.1, 0.15) is 5.75 Å². The highest BCUT2D eigenvalue weighted by atomic mass is 35.5. The number of hydrogen-bond donors (Lipinski definition) is 1. The predicted molar refractivity (Wildman–Crippen MR) is 95.4 cm³/mol. The second-order valence-corrected chi connectivity index (χ2v) is 5.72. The molecule has 0 bridgehead atoms. The van der Waals surface area contributed by atoms with E-state index in [2.05, 4.69) is 5.32 Å². The lowest BCUT2D eigenvalue weighted by Crippen LogP contribution is -2.38. The molecule has 1 unspecified atom stereocenters. The van der Waals surface area contributed by atoms with Gasteiger partial charge in [-0.15, -0.1) is 0 Å². The highest BCUT2D eigenvalue weighted by Gasteiger charge is 2.21. The summed E-state index contributed by atoms with van der Waals surface area (Å²) in [7, 11) is 0. The third-order valence-corrected chi connectivity index (χ3v) is 3.74. The first-order valence-electron chi connectivity index (χ1n) is 7.98. The van der Waals surface area contributed by atoms with Crippen LogP contribution in [0.15, 0.2) is 54.6 Å². The Morgan fingerprint density at radius 1 is 1.08 bits per heavy atom. The summed E-state index contributed by atoms with van der Waals surface area (Å²) in [6, 6.07) is 16.3. The van der Waals surface area contributed by atoms with Gasteiger partial charge < -0.3 is 14.8 Å². The van der Waals surface area contributed by atoms with Crippen LogP contribution in [0.2, 0.25) is 5.02 Å². The van der Waals surface area contributed by atoms with Gasteiger partial charge in [0.15, 0.2) is 12.7 Å². The van der Waals surface area contributed by atoms with Gasteiger partial charge in [-0.2, -0.15) is 0 Å². The first-order chi connectivity index (χ1) is 12.1. The number of ether oxygens (including phenoxy) is 2. The molecule has 1 N–H and O–H groups in total. The van der Waals surface area contributed by atoms with Crippen molar-refractivity contribution in [2.24, 2.45) is 0 Å². The van der Waals surface area contributed by atoms with Crippen molar-refractivity contribution in [3.8, 4) is 5.75 Å². The standard InChI is InChI=1S/C19H20ClNO4/c1-2-16(19(23)21-12-14-8-4-3-5-9-14)25-18(22)13-24-17-11-7-6-10-15(17)20/h3-11,16H,2,12-13H2,1H3,(H,21,23). The van der Waals surface area contributed by atoms with Crippen molar-refractivity contribution in [1.82, 2.24) is 5.32 Å². The smallest absolute Gasteiger partial charge is 0.344 e. The normalized spacial score (nSPS) is 11.4. The number of esters is 1. The molecule has 2 aromatic rings. The van der Waals surface area contributed by atoms with Gasteiger partial charge in [0.2, 0.25) is 0 Å². The molecule has 1 atom stereocenters. The minimum absolute atomic E-state index is 0.313. The topological polar surface area (TPSA) is 64.6 Å². The largest absolute Gasteiger partial charge is 0.480 e. The molecule has 0 aliphatic rings. The molecule has 0 fully saturated rings. The number of halogens is 1. The third kappa shape index (κ3) is 6.12. The molecular formula is C19H20ClNO4.